The maximum atomic E-state index is 13.0. The zero-order valence-electron chi connectivity index (χ0n) is 10.7. The van der Waals surface area contributed by atoms with Crippen molar-refractivity contribution in [1.29, 1.82) is 0 Å². The lowest BCUT2D eigenvalue weighted by atomic mass is 10.1. The molecule has 2 amide bonds. The fraction of sp³-hybridized carbons (Fsp3) is 0.133. The first-order valence-corrected chi connectivity index (χ1v) is 7.26. The average molecular weight is 384 g/mol. The van der Waals surface area contributed by atoms with Crippen molar-refractivity contribution in [3.8, 4) is 0 Å². The summed E-state index contributed by atoms with van der Waals surface area (Å²) in [6.45, 7) is 0.458. The van der Waals surface area contributed by atoms with Crippen molar-refractivity contribution in [2.75, 3.05) is 11.9 Å². The van der Waals surface area contributed by atoms with E-state index in [-0.39, 0.29) is 11.8 Å². The van der Waals surface area contributed by atoms with E-state index >= 15 is 0 Å². The van der Waals surface area contributed by atoms with Crippen LogP contribution in [0.2, 0.25) is 0 Å². The molecule has 0 aliphatic carbocycles. The van der Waals surface area contributed by atoms with Gasteiger partial charge in [0, 0.05) is 15.8 Å². The summed E-state index contributed by atoms with van der Waals surface area (Å²) in [5.74, 6) is -0.258. The van der Waals surface area contributed by atoms with Crippen LogP contribution in [0.5, 0.6) is 0 Å². The minimum absolute atomic E-state index is 0.258. The second kappa shape index (κ2) is 7.23. The number of urea groups is 1. The Labute approximate surface area is 130 Å². The van der Waals surface area contributed by atoms with E-state index in [0.29, 0.717) is 13.0 Å². The van der Waals surface area contributed by atoms with Crippen LogP contribution in [0, 0.1) is 9.39 Å². The van der Waals surface area contributed by atoms with Crippen LogP contribution in [0.3, 0.4) is 0 Å². The molecule has 20 heavy (non-hydrogen) atoms. The standard InChI is InChI=1S/C15H14FIN2O/c16-12-3-1-2-11(10-12)8-9-18-15(20)19-14-6-4-13(17)5-7-14/h1-7,10H,8-9H2,(H2,18,19,20). The lowest BCUT2D eigenvalue weighted by Gasteiger charge is -2.07. The zero-order valence-corrected chi connectivity index (χ0v) is 12.9. The predicted molar refractivity (Wildman–Crippen MR) is 86.3 cm³/mol. The third-order valence-corrected chi connectivity index (χ3v) is 3.41. The third-order valence-electron chi connectivity index (χ3n) is 2.69. The number of amides is 2. The molecular weight excluding hydrogens is 370 g/mol. The fourth-order valence-corrected chi connectivity index (χ4v) is 2.08. The monoisotopic (exact) mass is 384 g/mol. The largest absolute Gasteiger partial charge is 0.338 e. The van der Waals surface area contributed by atoms with Crippen molar-refractivity contribution < 1.29 is 9.18 Å². The first-order valence-electron chi connectivity index (χ1n) is 6.18. The molecule has 0 aromatic heterocycles. The highest BCUT2D eigenvalue weighted by Gasteiger charge is 2.01. The van der Waals surface area contributed by atoms with E-state index in [1.807, 2.05) is 30.3 Å². The van der Waals surface area contributed by atoms with Crippen LogP contribution in [-0.2, 0) is 6.42 Å². The van der Waals surface area contributed by atoms with Crippen LogP contribution in [0.4, 0.5) is 14.9 Å². The Morgan fingerprint density at radius 3 is 2.60 bits per heavy atom. The van der Waals surface area contributed by atoms with Gasteiger partial charge in [-0.25, -0.2) is 9.18 Å². The average Bonchev–Trinajstić information content (AvgIpc) is 2.41. The predicted octanol–water partition coefficient (Wildman–Crippen LogP) is 3.79. The topological polar surface area (TPSA) is 41.1 Å². The first-order chi connectivity index (χ1) is 9.63. The molecule has 0 radical (unpaired) electrons. The number of rotatable bonds is 4. The van der Waals surface area contributed by atoms with Gasteiger partial charge in [-0.15, -0.1) is 0 Å². The van der Waals surface area contributed by atoms with E-state index in [0.717, 1.165) is 14.8 Å². The quantitative estimate of drug-likeness (QED) is 0.774. The van der Waals surface area contributed by atoms with E-state index in [4.69, 9.17) is 0 Å². The van der Waals surface area contributed by atoms with Gasteiger partial charge in [0.05, 0.1) is 0 Å². The Kier molecular flexibility index (Phi) is 5.34. The molecule has 2 N–H and O–H groups in total. The van der Waals surface area contributed by atoms with Crippen LogP contribution >= 0.6 is 22.6 Å². The van der Waals surface area contributed by atoms with Crippen LogP contribution in [0.1, 0.15) is 5.56 Å². The minimum Gasteiger partial charge on any atom is -0.338 e. The number of hydrogen-bond donors (Lipinski definition) is 2. The second-order valence-corrected chi connectivity index (χ2v) is 5.51. The molecule has 3 nitrogen and oxygen atoms in total. The van der Waals surface area contributed by atoms with Crippen molar-refractivity contribution in [2.24, 2.45) is 0 Å². The van der Waals surface area contributed by atoms with E-state index in [2.05, 4.69) is 33.2 Å². The highest BCUT2D eigenvalue weighted by atomic mass is 127. The summed E-state index contributed by atoms with van der Waals surface area (Å²) in [6.07, 6.45) is 0.595. The molecule has 0 bridgehead atoms. The van der Waals surface area contributed by atoms with Crippen molar-refractivity contribution in [3.63, 3.8) is 0 Å². The molecule has 2 rings (SSSR count). The van der Waals surface area contributed by atoms with Gasteiger partial charge in [-0.05, 0) is 71.0 Å². The van der Waals surface area contributed by atoms with Gasteiger partial charge in [-0.3, -0.25) is 0 Å². The van der Waals surface area contributed by atoms with Crippen molar-refractivity contribution >= 4 is 34.3 Å². The molecule has 0 fully saturated rings. The first kappa shape index (κ1) is 14.8. The highest BCUT2D eigenvalue weighted by molar-refractivity contribution is 14.1. The summed E-state index contributed by atoms with van der Waals surface area (Å²) in [6, 6.07) is 13.6. The molecule has 104 valence electrons. The maximum Gasteiger partial charge on any atom is 0.319 e. The molecule has 0 atom stereocenters. The SMILES string of the molecule is O=C(NCCc1cccc(F)c1)Nc1ccc(I)cc1. The lowest BCUT2D eigenvalue weighted by Crippen LogP contribution is -2.30. The number of halogens is 2. The zero-order chi connectivity index (χ0) is 14.4. The molecule has 0 unspecified atom stereocenters. The number of benzene rings is 2. The van der Waals surface area contributed by atoms with Crippen molar-refractivity contribution in [2.45, 2.75) is 6.42 Å². The number of carbonyl (C=O) groups is 1. The summed E-state index contributed by atoms with van der Waals surface area (Å²) in [7, 11) is 0. The molecule has 0 spiro atoms. The van der Waals surface area contributed by atoms with Gasteiger partial charge in [0.2, 0.25) is 0 Å². The summed E-state index contributed by atoms with van der Waals surface area (Å²) in [5.41, 5.74) is 1.60. The number of hydrogen-bond acceptors (Lipinski definition) is 1. The maximum absolute atomic E-state index is 13.0. The van der Waals surface area contributed by atoms with Crippen LogP contribution in [0.25, 0.3) is 0 Å². The van der Waals surface area contributed by atoms with E-state index in [1.54, 1.807) is 6.07 Å². The third kappa shape index (κ3) is 4.80. The smallest absolute Gasteiger partial charge is 0.319 e. The summed E-state index contributed by atoms with van der Waals surface area (Å²) >= 11 is 2.20. The van der Waals surface area contributed by atoms with Gasteiger partial charge >= 0.3 is 6.03 Å². The number of carbonyl (C=O) groups excluding carboxylic acids is 1. The molecule has 2 aromatic rings. The van der Waals surface area contributed by atoms with Crippen LogP contribution < -0.4 is 10.6 Å². The molecule has 0 saturated carbocycles. The summed E-state index contributed by atoms with van der Waals surface area (Å²) < 4.78 is 14.1. The second-order valence-electron chi connectivity index (χ2n) is 4.27. The Bertz CT molecular complexity index is 587. The molecule has 0 heterocycles. The van der Waals surface area contributed by atoms with Crippen LogP contribution in [-0.4, -0.2) is 12.6 Å². The molecule has 2 aromatic carbocycles. The van der Waals surface area contributed by atoms with Gasteiger partial charge in [0.15, 0.2) is 0 Å². The Balaban J connectivity index is 1.76. The molecule has 5 heteroatoms. The Hall–Kier alpha value is -1.63. The van der Waals surface area contributed by atoms with Gasteiger partial charge in [0.25, 0.3) is 0 Å². The Morgan fingerprint density at radius 2 is 1.90 bits per heavy atom. The van der Waals surface area contributed by atoms with Crippen molar-refractivity contribution in [3.05, 3.63) is 63.5 Å². The van der Waals surface area contributed by atoms with Gasteiger partial charge in [-0.1, -0.05) is 12.1 Å². The summed E-state index contributed by atoms with van der Waals surface area (Å²) in [5, 5.41) is 5.48. The minimum atomic E-state index is -0.261. The number of nitrogens with one attached hydrogen (secondary N) is 2. The normalized spacial score (nSPS) is 10.1. The molecule has 0 saturated heterocycles. The van der Waals surface area contributed by atoms with Gasteiger partial charge < -0.3 is 10.6 Å². The Morgan fingerprint density at radius 1 is 1.15 bits per heavy atom. The fourth-order valence-electron chi connectivity index (χ4n) is 1.72. The van der Waals surface area contributed by atoms with E-state index in [1.165, 1.54) is 12.1 Å². The molecule has 0 aliphatic heterocycles. The van der Waals surface area contributed by atoms with Crippen LogP contribution in [0.15, 0.2) is 48.5 Å². The highest BCUT2D eigenvalue weighted by Crippen LogP contribution is 2.10. The van der Waals surface area contributed by atoms with Crippen molar-refractivity contribution in [1.82, 2.24) is 5.32 Å². The number of anilines is 1. The molecular formula is C15H14FIN2O. The van der Waals surface area contributed by atoms with Gasteiger partial charge in [-0.2, -0.15) is 0 Å². The lowest BCUT2D eigenvalue weighted by molar-refractivity contribution is 0.252. The molecule has 0 aliphatic rings. The van der Waals surface area contributed by atoms with Gasteiger partial charge in [0.1, 0.15) is 5.82 Å². The van der Waals surface area contributed by atoms with E-state index < -0.39 is 0 Å². The van der Waals surface area contributed by atoms with E-state index in [9.17, 15) is 9.18 Å². The summed E-state index contributed by atoms with van der Waals surface area (Å²) in [4.78, 5) is 11.7.